The second kappa shape index (κ2) is 6.37. The molecule has 0 radical (unpaired) electrons. The smallest absolute Gasteiger partial charge is 0.242 e. The summed E-state index contributed by atoms with van der Waals surface area (Å²) >= 11 is 0. The van der Waals surface area contributed by atoms with E-state index in [1.807, 2.05) is 34.9 Å². The first-order chi connectivity index (χ1) is 9.18. The Kier molecular flexibility index (Phi) is 5.31. The van der Waals surface area contributed by atoms with Crippen LogP contribution in [0.15, 0.2) is 12.1 Å². The van der Waals surface area contributed by atoms with Gasteiger partial charge in [0.15, 0.2) is 0 Å². The van der Waals surface area contributed by atoms with E-state index in [2.05, 4.69) is 29.3 Å². The van der Waals surface area contributed by atoms with Gasteiger partial charge in [-0.3, -0.25) is 10.1 Å². The zero-order valence-electron chi connectivity index (χ0n) is 13.5. The van der Waals surface area contributed by atoms with Crippen molar-refractivity contribution in [1.29, 1.82) is 0 Å². The summed E-state index contributed by atoms with van der Waals surface area (Å²) in [5, 5.41) is 3.33. The van der Waals surface area contributed by atoms with Gasteiger partial charge in [0.1, 0.15) is 5.54 Å². The molecule has 1 amide bonds. The van der Waals surface area contributed by atoms with Crippen molar-refractivity contribution in [3.63, 3.8) is 0 Å². The largest absolute Gasteiger partial charge is 0.368 e. The van der Waals surface area contributed by atoms with Gasteiger partial charge in [-0.05, 0) is 58.5 Å². The summed E-state index contributed by atoms with van der Waals surface area (Å²) in [6, 6.07) is 4.19. The summed E-state index contributed by atoms with van der Waals surface area (Å²) in [4.78, 5) is 14.1. The van der Waals surface area contributed by atoms with Gasteiger partial charge in [0.2, 0.25) is 5.91 Å². The van der Waals surface area contributed by atoms with Crippen LogP contribution in [0.2, 0.25) is 0 Å². The number of aryl methyl sites for hydroxylation is 3. The Morgan fingerprint density at radius 2 is 1.75 bits per heavy atom. The molecule has 1 rings (SSSR count). The molecule has 1 unspecified atom stereocenters. The van der Waals surface area contributed by atoms with Crippen LogP contribution in [0.3, 0.4) is 0 Å². The number of rotatable bonds is 6. The Labute approximate surface area is 122 Å². The van der Waals surface area contributed by atoms with E-state index in [0.717, 1.165) is 23.2 Å². The predicted octanol–water partition coefficient (Wildman–Crippen LogP) is 1.46. The topological polar surface area (TPSA) is 58.4 Å². The highest BCUT2D eigenvalue weighted by molar-refractivity contribution is 5.86. The lowest BCUT2D eigenvalue weighted by molar-refractivity contribution is -0.124. The molecule has 112 valence electrons. The number of nitrogens with zero attached hydrogens (tertiary/aromatic N) is 1. The molecule has 0 saturated heterocycles. The molecule has 0 bridgehead atoms. The van der Waals surface area contributed by atoms with Crippen LogP contribution in [0.5, 0.6) is 0 Å². The number of nitrogens with one attached hydrogen (secondary N) is 1. The van der Waals surface area contributed by atoms with Crippen molar-refractivity contribution in [2.45, 2.75) is 33.2 Å². The molecule has 0 aliphatic heterocycles. The fourth-order valence-corrected chi connectivity index (χ4v) is 2.80. The minimum Gasteiger partial charge on any atom is -0.368 e. The van der Waals surface area contributed by atoms with Gasteiger partial charge in [0.05, 0.1) is 0 Å². The third kappa shape index (κ3) is 3.58. The molecular formula is C16H27N3O. The van der Waals surface area contributed by atoms with Gasteiger partial charge in [-0.2, -0.15) is 0 Å². The SMILES string of the molecule is Cc1cc(C)c(C(C)(NCCN(C)C)C(N)=O)c(C)c1. The van der Waals surface area contributed by atoms with Crippen LogP contribution in [-0.2, 0) is 10.3 Å². The minimum absolute atomic E-state index is 0.341. The summed E-state index contributed by atoms with van der Waals surface area (Å²) in [5.74, 6) is -0.341. The van der Waals surface area contributed by atoms with E-state index in [9.17, 15) is 4.79 Å². The van der Waals surface area contributed by atoms with E-state index < -0.39 is 5.54 Å². The van der Waals surface area contributed by atoms with E-state index in [1.165, 1.54) is 5.56 Å². The number of carbonyl (C=O) groups excluding carboxylic acids is 1. The first-order valence-corrected chi connectivity index (χ1v) is 6.96. The molecule has 20 heavy (non-hydrogen) atoms. The van der Waals surface area contributed by atoms with Gasteiger partial charge in [-0.15, -0.1) is 0 Å². The predicted molar refractivity (Wildman–Crippen MR) is 83.8 cm³/mol. The Bertz CT molecular complexity index is 473. The molecule has 0 aromatic heterocycles. The van der Waals surface area contributed by atoms with Crippen molar-refractivity contribution in [2.24, 2.45) is 5.73 Å². The highest BCUT2D eigenvalue weighted by Gasteiger charge is 2.35. The Hall–Kier alpha value is -1.39. The Morgan fingerprint density at radius 1 is 1.25 bits per heavy atom. The van der Waals surface area contributed by atoms with Crippen LogP contribution < -0.4 is 11.1 Å². The zero-order valence-corrected chi connectivity index (χ0v) is 13.5. The number of amides is 1. The van der Waals surface area contributed by atoms with E-state index in [4.69, 9.17) is 5.73 Å². The van der Waals surface area contributed by atoms with Crippen molar-refractivity contribution in [2.75, 3.05) is 27.2 Å². The van der Waals surface area contributed by atoms with Crippen LogP contribution in [0.1, 0.15) is 29.2 Å². The van der Waals surface area contributed by atoms with Crippen LogP contribution in [0.25, 0.3) is 0 Å². The molecule has 1 atom stereocenters. The lowest BCUT2D eigenvalue weighted by atomic mass is 9.83. The third-order valence-electron chi connectivity index (χ3n) is 3.71. The van der Waals surface area contributed by atoms with Gasteiger partial charge >= 0.3 is 0 Å². The number of primary amides is 1. The van der Waals surface area contributed by atoms with Gasteiger partial charge < -0.3 is 10.6 Å². The highest BCUT2D eigenvalue weighted by atomic mass is 16.1. The summed E-state index contributed by atoms with van der Waals surface area (Å²) in [6.45, 7) is 9.56. The van der Waals surface area contributed by atoms with Crippen molar-refractivity contribution in [1.82, 2.24) is 10.2 Å². The van der Waals surface area contributed by atoms with Gasteiger partial charge in [-0.25, -0.2) is 0 Å². The number of benzene rings is 1. The maximum absolute atomic E-state index is 12.0. The molecule has 0 saturated carbocycles. The summed E-state index contributed by atoms with van der Waals surface area (Å²) in [5.41, 5.74) is 9.23. The number of hydrogen-bond acceptors (Lipinski definition) is 3. The summed E-state index contributed by atoms with van der Waals surface area (Å²) < 4.78 is 0. The zero-order chi connectivity index (χ0) is 15.5. The molecule has 0 aliphatic rings. The standard InChI is InChI=1S/C16H27N3O/c1-11-9-12(2)14(13(3)10-11)16(4,15(17)20)18-7-8-19(5)6/h9-10,18H,7-8H2,1-6H3,(H2,17,20). The normalized spacial score (nSPS) is 14.3. The lowest BCUT2D eigenvalue weighted by Crippen LogP contribution is -2.52. The fraction of sp³-hybridized carbons (Fsp3) is 0.562. The average molecular weight is 277 g/mol. The number of likely N-dealkylation sites (N-methyl/N-ethyl adjacent to an activating group) is 1. The molecule has 4 nitrogen and oxygen atoms in total. The van der Waals surface area contributed by atoms with Crippen LogP contribution in [0.4, 0.5) is 0 Å². The Balaban J connectivity index is 3.16. The molecule has 0 spiro atoms. The van der Waals surface area contributed by atoms with E-state index in [-0.39, 0.29) is 5.91 Å². The molecule has 1 aromatic carbocycles. The maximum Gasteiger partial charge on any atom is 0.242 e. The second-order valence-electron chi connectivity index (χ2n) is 5.99. The van der Waals surface area contributed by atoms with Gasteiger partial charge in [0.25, 0.3) is 0 Å². The van der Waals surface area contributed by atoms with Crippen molar-refractivity contribution in [3.05, 3.63) is 34.4 Å². The van der Waals surface area contributed by atoms with Crippen LogP contribution in [-0.4, -0.2) is 38.0 Å². The molecule has 0 aliphatic carbocycles. The summed E-state index contributed by atoms with van der Waals surface area (Å²) in [7, 11) is 4.01. The number of hydrogen-bond donors (Lipinski definition) is 2. The molecule has 3 N–H and O–H groups in total. The molecule has 0 fully saturated rings. The van der Waals surface area contributed by atoms with Crippen LogP contribution in [0, 0.1) is 20.8 Å². The van der Waals surface area contributed by atoms with Crippen molar-refractivity contribution in [3.8, 4) is 0 Å². The highest BCUT2D eigenvalue weighted by Crippen LogP contribution is 2.28. The monoisotopic (exact) mass is 277 g/mol. The summed E-state index contributed by atoms with van der Waals surface area (Å²) in [6.07, 6.45) is 0. The first kappa shape index (κ1) is 16.7. The average Bonchev–Trinajstić information content (AvgIpc) is 2.26. The maximum atomic E-state index is 12.0. The molecule has 0 heterocycles. The van der Waals surface area contributed by atoms with Gasteiger partial charge in [-0.1, -0.05) is 17.7 Å². The van der Waals surface area contributed by atoms with Crippen molar-refractivity contribution >= 4 is 5.91 Å². The molecule has 1 aromatic rings. The van der Waals surface area contributed by atoms with E-state index in [1.54, 1.807) is 0 Å². The van der Waals surface area contributed by atoms with E-state index in [0.29, 0.717) is 6.54 Å². The fourth-order valence-electron chi connectivity index (χ4n) is 2.80. The quantitative estimate of drug-likeness (QED) is 0.828. The van der Waals surface area contributed by atoms with Crippen LogP contribution >= 0.6 is 0 Å². The first-order valence-electron chi connectivity index (χ1n) is 6.96. The third-order valence-corrected chi connectivity index (χ3v) is 3.71. The van der Waals surface area contributed by atoms with Gasteiger partial charge in [0, 0.05) is 13.1 Å². The molecular weight excluding hydrogens is 250 g/mol. The number of carbonyl (C=O) groups is 1. The van der Waals surface area contributed by atoms with Crippen molar-refractivity contribution < 1.29 is 4.79 Å². The molecule has 4 heteroatoms. The minimum atomic E-state index is -0.835. The number of nitrogens with two attached hydrogens (primary N) is 1. The van der Waals surface area contributed by atoms with E-state index >= 15 is 0 Å². The lowest BCUT2D eigenvalue weighted by Gasteiger charge is -2.32. The Morgan fingerprint density at radius 3 is 2.15 bits per heavy atom. The second-order valence-corrected chi connectivity index (χ2v) is 5.99.